The van der Waals surface area contributed by atoms with Crippen molar-refractivity contribution in [2.24, 2.45) is 0 Å². The Morgan fingerprint density at radius 3 is 2.68 bits per heavy atom. The first kappa shape index (κ1) is 13.9. The van der Waals surface area contributed by atoms with Crippen LogP contribution in [0.5, 0.6) is 0 Å². The summed E-state index contributed by atoms with van der Waals surface area (Å²) >= 11 is 0. The number of esters is 1. The van der Waals surface area contributed by atoms with Crippen LogP contribution in [0.2, 0.25) is 0 Å². The van der Waals surface area contributed by atoms with E-state index in [-0.39, 0.29) is 24.0 Å². The van der Waals surface area contributed by atoms with Gasteiger partial charge in [0.2, 0.25) is 0 Å². The van der Waals surface area contributed by atoms with Crippen molar-refractivity contribution in [3.05, 3.63) is 21.6 Å². The largest absolute Gasteiger partial charge is 0.466 e. The third-order valence-corrected chi connectivity index (χ3v) is 3.78. The van der Waals surface area contributed by atoms with Crippen molar-refractivity contribution in [3.63, 3.8) is 0 Å². The van der Waals surface area contributed by atoms with Gasteiger partial charge in [-0.15, -0.1) is 0 Å². The molecule has 1 aliphatic carbocycles. The van der Waals surface area contributed by atoms with Crippen LogP contribution in [0.25, 0.3) is 0 Å². The highest BCUT2D eigenvalue weighted by Crippen LogP contribution is 2.26. The molecule has 1 aliphatic rings. The molecule has 0 bridgehead atoms. The topological polar surface area (TPSA) is 64.1 Å². The van der Waals surface area contributed by atoms with Gasteiger partial charge in [-0.05, 0) is 26.7 Å². The number of carbonyl (C=O) groups is 1. The van der Waals surface area contributed by atoms with Crippen LogP contribution in [0.1, 0.15) is 56.3 Å². The lowest BCUT2D eigenvalue weighted by molar-refractivity contribution is -0.142. The molecule has 0 saturated heterocycles. The van der Waals surface area contributed by atoms with Gasteiger partial charge in [-0.25, -0.2) is 4.68 Å². The Labute approximate surface area is 112 Å². The molecule has 0 atom stereocenters. The van der Waals surface area contributed by atoms with Gasteiger partial charge in [0, 0.05) is 5.69 Å². The van der Waals surface area contributed by atoms with Gasteiger partial charge in [-0.2, -0.15) is 0 Å². The van der Waals surface area contributed by atoms with E-state index >= 15 is 0 Å². The lowest BCUT2D eigenvalue weighted by atomic mass is 9.96. The Bertz CT molecular complexity index is 495. The maximum atomic E-state index is 12.4. The fraction of sp³-hybridized carbons (Fsp3) is 0.714. The number of ether oxygens (including phenoxy) is 1. The van der Waals surface area contributed by atoms with E-state index in [1.54, 1.807) is 11.6 Å². The summed E-state index contributed by atoms with van der Waals surface area (Å²) in [6.07, 6.45) is 5.73. The normalized spacial score (nSPS) is 16.5. The molecule has 1 aromatic rings. The molecule has 0 aliphatic heterocycles. The summed E-state index contributed by atoms with van der Waals surface area (Å²) < 4.78 is 6.62. The molecular formula is C14H22N2O3. The van der Waals surface area contributed by atoms with Gasteiger partial charge in [0.05, 0.1) is 24.6 Å². The monoisotopic (exact) mass is 266 g/mol. The fourth-order valence-electron chi connectivity index (χ4n) is 2.77. The SMILES string of the molecule is CCOC(=O)Cc1c(C)[nH]n(C2CCCCC2)c1=O. The third kappa shape index (κ3) is 3.08. The van der Waals surface area contributed by atoms with Gasteiger partial charge in [0.1, 0.15) is 0 Å². The van der Waals surface area contributed by atoms with Crippen molar-refractivity contribution < 1.29 is 9.53 Å². The van der Waals surface area contributed by atoms with E-state index in [9.17, 15) is 9.59 Å². The first-order valence-electron chi connectivity index (χ1n) is 7.09. The summed E-state index contributed by atoms with van der Waals surface area (Å²) in [5, 5.41) is 3.13. The van der Waals surface area contributed by atoms with Crippen molar-refractivity contribution in [1.29, 1.82) is 0 Å². The van der Waals surface area contributed by atoms with E-state index in [4.69, 9.17) is 4.74 Å². The van der Waals surface area contributed by atoms with Crippen LogP contribution < -0.4 is 5.56 Å². The summed E-state index contributed by atoms with van der Waals surface area (Å²) in [7, 11) is 0. The van der Waals surface area contributed by atoms with Crippen LogP contribution in [0, 0.1) is 6.92 Å². The maximum Gasteiger partial charge on any atom is 0.310 e. The van der Waals surface area contributed by atoms with Crippen LogP contribution >= 0.6 is 0 Å². The number of hydrogen-bond donors (Lipinski definition) is 1. The molecule has 1 N–H and O–H groups in total. The molecule has 19 heavy (non-hydrogen) atoms. The van der Waals surface area contributed by atoms with Gasteiger partial charge in [0.15, 0.2) is 0 Å². The molecule has 5 heteroatoms. The smallest absolute Gasteiger partial charge is 0.310 e. The highest BCUT2D eigenvalue weighted by Gasteiger charge is 2.22. The quantitative estimate of drug-likeness (QED) is 0.849. The number of aromatic amines is 1. The number of carbonyl (C=O) groups excluding carboxylic acids is 1. The minimum atomic E-state index is -0.336. The maximum absolute atomic E-state index is 12.4. The molecule has 1 saturated carbocycles. The van der Waals surface area contributed by atoms with Crippen LogP contribution in [0.4, 0.5) is 0 Å². The number of hydrogen-bond acceptors (Lipinski definition) is 3. The first-order chi connectivity index (χ1) is 9.13. The Balaban J connectivity index is 2.19. The van der Waals surface area contributed by atoms with Crippen molar-refractivity contribution in [1.82, 2.24) is 9.78 Å². The number of nitrogens with one attached hydrogen (secondary N) is 1. The van der Waals surface area contributed by atoms with Gasteiger partial charge in [0.25, 0.3) is 5.56 Å². The van der Waals surface area contributed by atoms with E-state index in [0.717, 1.165) is 18.5 Å². The van der Waals surface area contributed by atoms with Crippen LogP contribution in [-0.2, 0) is 16.0 Å². The second-order valence-corrected chi connectivity index (χ2v) is 5.16. The van der Waals surface area contributed by atoms with E-state index in [2.05, 4.69) is 5.10 Å². The van der Waals surface area contributed by atoms with Gasteiger partial charge in [-0.3, -0.25) is 14.7 Å². The summed E-state index contributed by atoms with van der Waals surface area (Å²) in [5.41, 5.74) is 1.27. The predicted molar refractivity (Wildman–Crippen MR) is 72.2 cm³/mol. The lowest BCUT2D eigenvalue weighted by Gasteiger charge is -2.21. The van der Waals surface area contributed by atoms with E-state index in [0.29, 0.717) is 12.2 Å². The van der Waals surface area contributed by atoms with Crippen molar-refractivity contribution in [2.45, 2.75) is 58.4 Å². The van der Waals surface area contributed by atoms with Crippen molar-refractivity contribution >= 4 is 5.97 Å². The molecule has 2 rings (SSSR count). The second-order valence-electron chi connectivity index (χ2n) is 5.16. The summed E-state index contributed by atoms with van der Waals surface area (Å²) in [5.74, 6) is -0.336. The minimum Gasteiger partial charge on any atom is -0.466 e. The highest BCUT2D eigenvalue weighted by molar-refractivity contribution is 5.72. The number of nitrogens with zero attached hydrogens (tertiary/aromatic N) is 1. The number of H-pyrrole nitrogens is 1. The molecule has 0 radical (unpaired) electrons. The Hall–Kier alpha value is -1.52. The number of aromatic nitrogens is 2. The summed E-state index contributed by atoms with van der Waals surface area (Å²) in [6, 6.07) is 0.260. The van der Waals surface area contributed by atoms with E-state index in [1.807, 2.05) is 6.92 Å². The zero-order valence-electron chi connectivity index (χ0n) is 11.7. The molecule has 0 amide bonds. The van der Waals surface area contributed by atoms with Gasteiger partial charge < -0.3 is 4.74 Å². The first-order valence-corrected chi connectivity index (χ1v) is 7.09. The average Bonchev–Trinajstić information content (AvgIpc) is 2.68. The average molecular weight is 266 g/mol. The van der Waals surface area contributed by atoms with E-state index in [1.165, 1.54) is 19.3 Å². The van der Waals surface area contributed by atoms with Crippen molar-refractivity contribution in [2.75, 3.05) is 6.61 Å². The predicted octanol–water partition coefficient (Wildman–Crippen LogP) is 2.10. The van der Waals surface area contributed by atoms with E-state index < -0.39 is 0 Å². The Morgan fingerprint density at radius 1 is 1.37 bits per heavy atom. The van der Waals surface area contributed by atoms with Crippen LogP contribution in [-0.4, -0.2) is 22.4 Å². The number of aryl methyl sites for hydroxylation is 1. The molecule has 0 spiro atoms. The lowest BCUT2D eigenvalue weighted by Crippen LogP contribution is -2.26. The molecule has 1 fully saturated rings. The molecule has 0 aromatic carbocycles. The zero-order chi connectivity index (χ0) is 13.8. The third-order valence-electron chi connectivity index (χ3n) is 3.78. The molecule has 106 valence electrons. The highest BCUT2D eigenvalue weighted by atomic mass is 16.5. The molecule has 1 aromatic heterocycles. The fourth-order valence-corrected chi connectivity index (χ4v) is 2.77. The molecular weight excluding hydrogens is 244 g/mol. The molecule has 5 nitrogen and oxygen atoms in total. The minimum absolute atomic E-state index is 0.0579. The summed E-state index contributed by atoms with van der Waals surface area (Å²) in [6.45, 7) is 3.95. The summed E-state index contributed by atoms with van der Waals surface area (Å²) in [4.78, 5) is 23.9. The standard InChI is InChI=1S/C14H22N2O3/c1-3-19-13(17)9-12-10(2)15-16(14(12)18)11-7-5-4-6-8-11/h11,15H,3-9H2,1-2H3. The number of rotatable bonds is 4. The molecule has 1 heterocycles. The van der Waals surface area contributed by atoms with Gasteiger partial charge >= 0.3 is 5.97 Å². The Kier molecular flexibility index (Phi) is 4.45. The Morgan fingerprint density at radius 2 is 2.05 bits per heavy atom. The van der Waals surface area contributed by atoms with Gasteiger partial charge in [-0.1, -0.05) is 19.3 Å². The second kappa shape index (κ2) is 6.08. The van der Waals surface area contributed by atoms with Crippen LogP contribution in [0.15, 0.2) is 4.79 Å². The zero-order valence-corrected chi connectivity index (χ0v) is 11.7. The van der Waals surface area contributed by atoms with Crippen LogP contribution in [0.3, 0.4) is 0 Å². The molecule has 0 unspecified atom stereocenters. The van der Waals surface area contributed by atoms with Crippen molar-refractivity contribution in [3.8, 4) is 0 Å².